The molecule has 1 aromatic carbocycles. The van der Waals surface area contributed by atoms with Crippen molar-refractivity contribution in [1.82, 2.24) is 10.2 Å². The molecule has 132 valence electrons. The van der Waals surface area contributed by atoms with Crippen molar-refractivity contribution in [2.45, 2.75) is 45.4 Å². The zero-order valence-electron chi connectivity index (χ0n) is 14.6. The van der Waals surface area contributed by atoms with Crippen LogP contribution < -0.4 is 10.6 Å². The summed E-state index contributed by atoms with van der Waals surface area (Å²) in [4.78, 5) is 25.5. The average Bonchev–Trinajstić information content (AvgIpc) is 2.82. The van der Waals surface area contributed by atoms with E-state index in [0.29, 0.717) is 6.42 Å². The lowest BCUT2D eigenvalue weighted by Gasteiger charge is -2.19. The molecule has 1 aliphatic rings. The van der Waals surface area contributed by atoms with Gasteiger partial charge in [-0.1, -0.05) is 25.0 Å². The summed E-state index contributed by atoms with van der Waals surface area (Å²) in [6.45, 7) is 5.70. The van der Waals surface area contributed by atoms with E-state index in [2.05, 4.69) is 15.5 Å². The van der Waals surface area contributed by atoms with Crippen LogP contribution in [0, 0.1) is 0 Å². The molecule has 1 heterocycles. The summed E-state index contributed by atoms with van der Waals surface area (Å²) in [5.74, 6) is -0.0388. The number of nitrogens with zero attached hydrogens (tertiary/aromatic N) is 1. The fourth-order valence-corrected chi connectivity index (χ4v) is 3.05. The zero-order valence-corrected chi connectivity index (χ0v) is 14.6. The first-order chi connectivity index (χ1) is 11.6. The first-order valence-electron chi connectivity index (χ1n) is 8.99. The van der Waals surface area contributed by atoms with E-state index in [9.17, 15) is 9.59 Å². The van der Waals surface area contributed by atoms with Gasteiger partial charge in [0.05, 0.1) is 6.42 Å². The van der Waals surface area contributed by atoms with E-state index < -0.39 is 0 Å². The van der Waals surface area contributed by atoms with Gasteiger partial charge in [0, 0.05) is 19.2 Å². The van der Waals surface area contributed by atoms with Crippen LogP contribution in [0.1, 0.15) is 44.6 Å². The maximum Gasteiger partial charge on any atom is 0.224 e. The second kappa shape index (κ2) is 10.1. The molecule has 24 heavy (non-hydrogen) atoms. The molecule has 1 aliphatic heterocycles. The molecule has 5 nitrogen and oxygen atoms in total. The molecule has 0 saturated carbocycles. The van der Waals surface area contributed by atoms with E-state index in [-0.39, 0.29) is 11.8 Å². The predicted molar refractivity (Wildman–Crippen MR) is 97.0 cm³/mol. The molecule has 5 heteroatoms. The van der Waals surface area contributed by atoms with Gasteiger partial charge in [0.25, 0.3) is 0 Å². The van der Waals surface area contributed by atoms with E-state index in [0.717, 1.165) is 30.8 Å². The molecule has 2 amide bonds. The molecule has 2 rings (SSSR count). The molecule has 0 bridgehead atoms. The molecule has 0 aromatic heterocycles. The summed E-state index contributed by atoms with van der Waals surface area (Å²) in [5.41, 5.74) is 1.71. The number of hydrogen-bond donors (Lipinski definition) is 2. The van der Waals surface area contributed by atoms with Gasteiger partial charge in [-0.15, -0.1) is 0 Å². The van der Waals surface area contributed by atoms with E-state index >= 15 is 0 Å². The number of amides is 2. The maximum absolute atomic E-state index is 12.0. The van der Waals surface area contributed by atoms with Crippen molar-refractivity contribution in [3.8, 4) is 0 Å². The van der Waals surface area contributed by atoms with Crippen LogP contribution in [0.3, 0.4) is 0 Å². The van der Waals surface area contributed by atoms with Crippen LogP contribution in [0.5, 0.6) is 0 Å². The normalized spacial score (nSPS) is 15.5. The standard InChI is InChI=1S/C19H29N3O2/c1-16(23)21-18-9-7-17(8-10-18)15-19(24)20-11-6-14-22-12-4-2-3-5-13-22/h7-10H,2-6,11-15H2,1H3,(H,20,24)(H,21,23). The molecular weight excluding hydrogens is 302 g/mol. The quantitative estimate of drug-likeness (QED) is 0.755. The van der Waals surface area contributed by atoms with Gasteiger partial charge in [0.1, 0.15) is 0 Å². The number of hydrogen-bond acceptors (Lipinski definition) is 3. The lowest BCUT2D eigenvalue weighted by atomic mass is 10.1. The second-order valence-corrected chi connectivity index (χ2v) is 6.51. The van der Waals surface area contributed by atoms with Gasteiger partial charge in [-0.2, -0.15) is 0 Å². The Labute approximate surface area is 144 Å². The van der Waals surface area contributed by atoms with E-state index in [1.165, 1.54) is 45.7 Å². The highest BCUT2D eigenvalue weighted by molar-refractivity contribution is 5.88. The van der Waals surface area contributed by atoms with Crippen molar-refractivity contribution in [3.05, 3.63) is 29.8 Å². The zero-order chi connectivity index (χ0) is 17.2. The summed E-state index contributed by atoms with van der Waals surface area (Å²) in [6.07, 6.45) is 6.71. The van der Waals surface area contributed by atoms with Crippen molar-refractivity contribution in [3.63, 3.8) is 0 Å². The fourth-order valence-electron chi connectivity index (χ4n) is 3.05. The Bertz CT molecular complexity index is 520. The second-order valence-electron chi connectivity index (χ2n) is 6.51. The van der Waals surface area contributed by atoms with E-state index in [1.807, 2.05) is 24.3 Å². The van der Waals surface area contributed by atoms with Crippen molar-refractivity contribution in [1.29, 1.82) is 0 Å². The Morgan fingerprint density at radius 3 is 2.33 bits per heavy atom. The van der Waals surface area contributed by atoms with Crippen LogP contribution in [-0.4, -0.2) is 42.9 Å². The third-order valence-electron chi connectivity index (χ3n) is 4.31. The highest BCUT2D eigenvalue weighted by Gasteiger charge is 2.08. The van der Waals surface area contributed by atoms with Gasteiger partial charge in [-0.3, -0.25) is 9.59 Å². The van der Waals surface area contributed by atoms with Crippen molar-refractivity contribution < 1.29 is 9.59 Å². The third-order valence-corrected chi connectivity index (χ3v) is 4.31. The van der Waals surface area contributed by atoms with Crippen LogP contribution in [0.2, 0.25) is 0 Å². The molecule has 0 spiro atoms. The maximum atomic E-state index is 12.0. The number of likely N-dealkylation sites (tertiary alicyclic amines) is 1. The summed E-state index contributed by atoms with van der Waals surface area (Å²) >= 11 is 0. The Morgan fingerprint density at radius 1 is 1.04 bits per heavy atom. The minimum atomic E-state index is -0.0927. The monoisotopic (exact) mass is 331 g/mol. The number of benzene rings is 1. The molecule has 0 aliphatic carbocycles. The Kier molecular flexibility index (Phi) is 7.75. The van der Waals surface area contributed by atoms with Gasteiger partial charge in [-0.25, -0.2) is 0 Å². The molecule has 2 N–H and O–H groups in total. The van der Waals surface area contributed by atoms with E-state index in [1.54, 1.807) is 0 Å². The third kappa shape index (κ3) is 7.13. The first kappa shape index (κ1) is 18.5. The molecule has 0 atom stereocenters. The Morgan fingerprint density at radius 2 is 1.71 bits per heavy atom. The van der Waals surface area contributed by atoms with Crippen LogP contribution in [0.25, 0.3) is 0 Å². The lowest BCUT2D eigenvalue weighted by Crippen LogP contribution is -2.31. The molecule has 1 fully saturated rings. The highest BCUT2D eigenvalue weighted by Crippen LogP contribution is 2.11. The largest absolute Gasteiger partial charge is 0.356 e. The number of rotatable bonds is 7. The summed E-state index contributed by atoms with van der Waals surface area (Å²) in [6, 6.07) is 7.40. The molecule has 0 radical (unpaired) electrons. The Balaban J connectivity index is 1.63. The minimum absolute atomic E-state index is 0.0538. The van der Waals surface area contributed by atoms with Crippen LogP contribution >= 0.6 is 0 Å². The van der Waals surface area contributed by atoms with Gasteiger partial charge in [0.15, 0.2) is 0 Å². The lowest BCUT2D eigenvalue weighted by molar-refractivity contribution is -0.120. The van der Waals surface area contributed by atoms with Gasteiger partial charge in [0.2, 0.25) is 11.8 Å². The van der Waals surface area contributed by atoms with Gasteiger partial charge in [-0.05, 0) is 56.6 Å². The molecule has 1 saturated heterocycles. The Hall–Kier alpha value is -1.88. The number of anilines is 1. The van der Waals surface area contributed by atoms with Crippen molar-refractivity contribution >= 4 is 17.5 Å². The average molecular weight is 331 g/mol. The van der Waals surface area contributed by atoms with Crippen LogP contribution in [0.15, 0.2) is 24.3 Å². The molecule has 0 unspecified atom stereocenters. The highest BCUT2D eigenvalue weighted by atomic mass is 16.2. The topological polar surface area (TPSA) is 61.4 Å². The summed E-state index contributed by atoms with van der Waals surface area (Å²) in [5, 5.41) is 5.72. The molecule has 1 aromatic rings. The first-order valence-corrected chi connectivity index (χ1v) is 8.99. The van der Waals surface area contributed by atoms with Gasteiger partial charge >= 0.3 is 0 Å². The minimum Gasteiger partial charge on any atom is -0.356 e. The summed E-state index contributed by atoms with van der Waals surface area (Å²) < 4.78 is 0. The van der Waals surface area contributed by atoms with E-state index in [4.69, 9.17) is 0 Å². The molecular formula is C19H29N3O2. The summed E-state index contributed by atoms with van der Waals surface area (Å²) in [7, 11) is 0. The SMILES string of the molecule is CC(=O)Nc1ccc(CC(=O)NCCCN2CCCCCC2)cc1. The smallest absolute Gasteiger partial charge is 0.224 e. The van der Waals surface area contributed by atoms with Crippen LogP contribution in [-0.2, 0) is 16.0 Å². The number of carbonyl (C=O) groups excluding carboxylic acids is 2. The number of carbonyl (C=O) groups is 2. The van der Waals surface area contributed by atoms with Crippen molar-refractivity contribution in [2.75, 3.05) is 31.5 Å². The van der Waals surface area contributed by atoms with Gasteiger partial charge < -0.3 is 15.5 Å². The van der Waals surface area contributed by atoms with Crippen LogP contribution in [0.4, 0.5) is 5.69 Å². The predicted octanol–water partition coefficient (Wildman–Crippen LogP) is 2.57. The number of nitrogens with one attached hydrogen (secondary N) is 2. The fraction of sp³-hybridized carbons (Fsp3) is 0.579. The van der Waals surface area contributed by atoms with Crippen molar-refractivity contribution in [2.24, 2.45) is 0 Å².